The van der Waals surface area contributed by atoms with E-state index in [-0.39, 0.29) is 11.9 Å². The smallest absolute Gasteiger partial charge is 0.282 e. The van der Waals surface area contributed by atoms with E-state index < -0.39 is 0 Å². The number of aryl methyl sites for hydroxylation is 2. The molecule has 1 atom stereocenters. The molecule has 0 aliphatic carbocycles. The number of anilines is 1. The van der Waals surface area contributed by atoms with Crippen molar-refractivity contribution in [3.8, 4) is 11.5 Å². The summed E-state index contributed by atoms with van der Waals surface area (Å²) in [6.45, 7) is 11.3. The van der Waals surface area contributed by atoms with Crippen LogP contribution in [0, 0.1) is 13.8 Å². The van der Waals surface area contributed by atoms with Crippen molar-refractivity contribution in [3.05, 3.63) is 35.2 Å². The zero-order chi connectivity index (χ0) is 20.5. The predicted octanol–water partition coefficient (Wildman–Crippen LogP) is -0.924. The molecule has 1 aromatic carbocycles. The zero-order valence-electron chi connectivity index (χ0n) is 17.7. The molecule has 1 amide bonds. The number of fused-ring (bicyclic) bond motifs is 1. The molecule has 0 saturated carbocycles. The van der Waals surface area contributed by atoms with Gasteiger partial charge in [-0.05, 0) is 39.0 Å². The minimum Gasteiger partial charge on any atom is -0.454 e. The number of carbonyl (C=O) groups excluding carboxylic acids is 1. The Morgan fingerprint density at radius 1 is 1.21 bits per heavy atom. The number of nitrogens with zero attached hydrogens (tertiary/aromatic N) is 2. The van der Waals surface area contributed by atoms with Gasteiger partial charge in [0.05, 0.1) is 17.1 Å². The Hall–Kier alpha value is -2.58. The molecule has 8 nitrogen and oxygen atoms in total. The van der Waals surface area contributed by atoms with Crippen LogP contribution in [0.3, 0.4) is 0 Å². The third kappa shape index (κ3) is 4.09. The highest BCUT2D eigenvalue weighted by atomic mass is 16.7. The van der Waals surface area contributed by atoms with Gasteiger partial charge in [0.1, 0.15) is 32.7 Å². The Morgan fingerprint density at radius 2 is 1.93 bits per heavy atom. The van der Waals surface area contributed by atoms with Crippen molar-refractivity contribution in [1.29, 1.82) is 0 Å². The van der Waals surface area contributed by atoms with E-state index in [4.69, 9.17) is 9.47 Å². The van der Waals surface area contributed by atoms with Gasteiger partial charge in [0.15, 0.2) is 17.5 Å². The summed E-state index contributed by atoms with van der Waals surface area (Å²) in [5.41, 5.74) is 3.95. The van der Waals surface area contributed by atoms with Crippen LogP contribution < -0.4 is 24.6 Å². The summed E-state index contributed by atoms with van der Waals surface area (Å²) in [6.07, 6.45) is 0. The first-order chi connectivity index (χ1) is 13.9. The highest BCUT2D eigenvalue weighted by molar-refractivity contribution is 5.94. The fourth-order valence-electron chi connectivity index (χ4n) is 4.25. The molecule has 2 aliphatic rings. The van der Waals surface area contributed by atoms with E-state index in [2.05, 4.69) is 22.5 Å². The number of ether oxygens (including phenoxy) is 2. The van der Waals surface area contributed by atoms with E-state index in [9.17, 15) is 4.79 Å². The summed E-state index contributed by atoms with van der Waals surface area (Å²) >= 11 is 0. The summed E-state index contributed by atoms with van der Waals surface area (Å²) in [5.74, 6) is 1.74. The number of aromatic nitrogens is 2. The molecule has 3 N–H and O–H groups in total. The number of benzene rings is 1. The molecule has 1 saturated heterocycles. The topological polar surface area (TPSA) is 74.3 Å². The number of amides is 1. The Morgan fingerprint density at radius 3 is 2.62 bits per heavy atom. The Labute approximate surface area is 171 Å². The molecule has 8 heteroatoms. The van der Waals surface area contributed by atoms with Gasteiger partial charge in [-0.25, -0.2) is 0 Å². The van der Waals surface area contributed by atoms with Crippen molar-refractivity contribution in [2.24, 2.45) is 7.05 Å². The minimum absolute atomic E-state index is 0.0680. The SMILES string of the molecule is Cc1nn(C)c(C)c1NC(=O)[C@@H](C)[NH+]1CC[NH+](Cc2ccc3c(c2)OCO3)CC1. The third-order valence-electron chi connectivity index (χ3n) is 6.25. The number of carbonyl (C=O) groups is 1. The average molecular weight is 402 g/mol. The Bertz CT molecular complexity index is 902. The molecule has 1 aromatic heterocycles. The Balaban J connectivity index is 1.30. The average Bonchev–Trinajstić information content (AvgIpc) is 3.27. The summed E-state index contributed by atoms with van der Waals surface area (Å²) in [5, 5.41) is 7.48. The molecule has 156 valence electrons. The van der Waals surface area contributed by atoms with Gasteiger partial charge in [-0.2, -0.15) is 5.10 Å². The van der Waals surface area contributed by atoms with Crippen LogP contribution in [-0.4, -0.2) is 54.7 Å². The van der Waals surface area contributed by atoms with Crippen LogP contribution in [0.1, 0.15) is 23.9 Å². The number of hydrogen-bond donors (Lipinski definition) is 3. The molecular formula is C21H31N5O3+2. The molecule has 3 heterocycles. The van der Waals surface area contributed by atoms with E-state index >= 15 is 0 Å². The lowest BCUT2D eigenvalue weighted by molar-refractivity contribution is -1.02. The molecule has 0 spiro atoms. The standard InChI is InChI=1S/C21H29N5O3/c1-14-20(15(2)24(4)23-14)22-21(27)16(3)26-9-7-25(8-10-26)12-17-5-6-18-19(11-17)29-13-28-18/h5-6,11,16H,7-10,12-13H2,1-4H3,(H,22,27)/p+2/t16-/m1/s1. The van der Waals surface area contributed by atoms with Gasteiger partial charge in [0.25, 0.3) is 5.91 Å². The normalized spacial score (nSPS) is 21.8. The maximum atomic E-state index is 12.8. The lowest BCUT2D eigenvalue weighted by atomic mass is 10.1. The van der Waals surface area contributed by atoms with Gasteiger partial charge in [-0.15, -0.1) is 0 Å². The van der Waals surface area contributed by atoms with Crippen molar-refractivity contribution in [2.45, 2.75) is 33.4 Å². The lowest BCUT2D eigenvalue weighted by Gasteiger charge is -2.32. The molecule has 0 radical (unpaired) electrons. The first-order valence-electron chi connectivity index (χ1n) is 10.3. The van der Waals surface area contributed by atoms with Gasteiger partial charge < -0.3 is 24.6 Å². The fraction of sp³-hybridized carbons (Fsp3) is 0.524. The van der Waals surface area contributed by atoms with Gasteiger partial charge >= 0.3 is 0 Å². The largest absolute Gasteiger partial charge is 0.454 e. The summed E-state index contributed by atoms with van der Waals surface area (Å²) in [6, 6.07) is 6.12. The van der Waals surface area contributed by atoms with Crippen molar-refractivity contribution in [1.82, 2.24) is 9.78 Å². The molecular weight excluding hydrogens is 370 g/mol. The third-order valence-corrected chi connectivity index (χ3v) is 6.25. The van der Waals surface area contributed by atoms with E-state index in [0.29, 0.717) is 6.79 Å². The molecule has 4 rings (SSSR count). The monoisotopic (exact) mass is 401 g/mol. The van der Waals surface area contributed by atoms with Gasteiger partial charge in [-0.3, -0.25) is 9.48 Å². The van der Waals surface area contributed by atoms with Crippen LogP contribution in [0.5, 0.6) is 11.5 Å². The van der Waals surface area contributed by atoms with E-state index in [0.717, 1.165) is 61.3 Å². The highest BCUT2D eigenvalue weighted by Gasteiger charge is 2.32. The van der Waals surface area contributed by atoms with Crippen LogP contribution in [-0.2, 0) is 18.4 Å². The van der Waals surface area contributed by atoms with Crippen molar-refractivity contribution >= 4 is 11.6 Å². The van der Waals surface area contributed by atoms with Crippen LogP contribution in [0.2, 0.25) is 0 Å². The predicted molar refractivity (Wildman–Crippen MR) is 108 cm³/mol. The molecule has 2 aromatic rings. The highest BCUT2D eigenvalue weighted by Crippen LogP contribution is 2.32. The zero-order valence-corrected chi connectivity index (χ0v) is 17.7. The number of rotatable bonds is 5. The molecule has 29 heavy (non-hydrogen) atoms. The number of quaternary nitrogens is 2. The summed E-state index contributed by atoms with van der Waals surface area (Å²) < 4.78 is 12.7. The molecule has 2 aliphatic heterocycles. The lowest BCUT2D eigenvalue weighted by Crippen LogP contribution is -3.29. The van der Waals surface area contributed by atoms with Crippen molar-refractivity contribution in [2.75, 3.05) is 38.3 Å². The second kappa shape index (κ2) is 8.04. The van der Waals surface area contributed by atoms with Gasteiger partial charge in [0.2, 0.25) is 6.79 Å². The van der Waals surface area contributed by atoms with Gasteiger partial charge in [0, 0.05) is 12.6 Å². The van der Waals surface area contributed by atoms with Crippen LogP contribution in [0.15, 0.2) is 18.2 Å². The van der Waals surface area contributed by atoms with Crippen LogP contribution >= 0.6 is 0 Å². The summed E-state index contributed by atoms with van der Waals surface area (Å²) in [4.78, 5) is 15.7. The Kier molecular flexibility index (Phi) is 5.47. The minimum atomic E-state index is -0.0823. The first-order valence-corrected chi connectivity index (χ1v) is 10.3. The first kappa shape index (κ1) is 19.7. The quantitative estimate of drug-likeness (QED) is 0.606. The second-order valence-corrected chi connectivity index (χ2v) is 8.15. The number of piperazine rings is 1. The molecule has 0 bridgehead atoms. The van der Waals surface area contributed by atoms with Crippen LogP contribution in [0.4, 0.5) is 5.69 Å². The van der Waals surface area contributed by atoms with Crippen molar-refractivity contribution in [3.63, 3.8) is 0 Å². The van der Waals surface area contributed by atoms with E-state index in [1.165, 1.54) is 10.5 Å². The number of nitrogens with one attached hydrogen (secondary N) is 3. The van der Waals surface area contributed by atoms with Crippen molar-refractivity contribution < 1.29 is 24.1 Å². The van der Waals surface area contributed by atoms with E-state index in [1.54, 1.807) is 9.58 Å². The maximum absolute atomic E-state index is 12.8. The van der Waals surface area contributed by atoms with Gasteiger partial charge in [-0.1, -0.05) is 0 Å². The second-order valence-electron chi connectivity index (χ2n) is 8.15. The van der Waals surface area contributed by atoms with E-state index in [1.807, 2.05) is 33.9 Å². The molecule has 1 fully saturated rings. The molecule has 0 unspecified atom stereocenters. The fourth-order valence-corrected chi connectivity index (χ4v) is 4.25. The number of hydrogen-bond acceptors (Lipinski definition) is 4. The maximum Gasteiger partial charge on any atom is 0.282 e. The van der Waals surface area contributed by atoms with Crippen LogP contribution in [0.25, 0.3) is 0 Å². The summed E-state index contributed by atoms with van der Waals surface area (Å²) in [7, 11) is 1.90.